The molecule has 1 atom stereocenters. The monoisotopic (exact) mass is 210 g/mol. The average molecular weight is 210 g/mol. The average Bonchev–Trinajstić information content (AvgIpc) is 2.28. The van der Waals surface area contributed by atoms with E-state index in [9.17, 15) is 4.21 Å². The smallest absolute Gasteiger partial charge is 0.163 e. The summed E-state index contributed by atoms with van der Waals surface area (Å²) in [5, 5.41) is 8.59. The Balaban J connectivity index is 0.000000310. The summed E-state index contributed by atoms with van der Waals surface area (Å²) in [5.74, 6) is -0.493. The van der Waals surface area contributed by atoms with Gasteiger partial charge in [-0.25, -0.2) is 0 Å². The molecule has 0 aromatic heterocycles. The highest BCUT2D eigenvalue weighted by molar-refractivity contribution is 7.83. The molecule has 1 fully saturated rings. The van der Waals surface area contributed by atoms with E-state index in [0.717, 1.165) is 0 Å². The van der Waals surface area contributed by atoms with Gasteiger partial charge < -0.3 is 14.6 Å². The highest BCUT2D eigenvalue weighted by Crippen LogP contribution is 2.21. The third-order valence-electron chi connectivity index (χ3n) is 1.27. The van der Waals surface area contributed by atoms with Crippen LogP contribution in [0.4, 0.5) is 0 Å². The fourth-order valence-corrected chi connectivity index (χ4v) is 0.853. The van der Waals surface area contributed by atoms with Crippen molar-refractivity contribution in [1.82, 2.24) is 0 Å². The number of rotatable bonds is 1. The Labute approximate surface area is 81.7 Å². The second-order valence-corrected chi connectivity index (χ2v) is 4.86. The van der Waals surface area contributed by atoms with Crippen molar-refractivity contribution in [2.45, 2.75) is 25.7 Å². The summed E-state index contributed by atoms with van der Waals surface area (Å²) >= 11 is 0. The first-order valence-electron chi connectivity index (χ1n) is 4.05. The van der Waals surface area contributed by atoms with Crippen molar-refractivity contribution in [1.29, 1.82) is 0 Å². The summed E-state index contributed by atoms with van der Waals surface area (Å²) in [6, 6.07) is 0. The highest BCUT2D eigenvalue weighted by Gasteiger charge is 2.31. The van der Waals surface area contributed by atoms with Gasteiger partial charge in [0.05, 0.1) is 13.2 Å². The maximum Gasteiger partial charge on any atom is 0.163 e. The lowest BCUT2D eigenvalue weighted by atomic mass is 10.4. The van der Waals surface area contributed by atoms with Crippen molar-refractivity contribution in [2.75, 3.05) is 25.7 Å². The zero-order chi connectivity index (χ0) is 10.5. The van der Waals surface area contributed by atoms with E-state index in [2.05, 4.69) is 0 Å². The van der Waals surface area contributed by atoms with Gasteiger partial charge in [0, 0.05) is 23.3 Å². The first kappa shape index (κ1) is 13.0. The van der Waals surface area contributed by atoms with E-state index in [1.807, 2.05) is 13.8 Å². The van der Waals surface area contributed by atoms with Crippen LogP contribution in [0.5, 0.6) is 0 Å². The van der Waals surface area contributed by atoms with Gasteiger partial charge >= 0.3 is 0 Å². The molecule has 1 N–H and O–H groups in total. The standard InChI is InChI=1S/C6H12O3.C2H6OS/c1-6(2)8-4-5(3-7)9-6;1-4(2)3/h5,7H,3-4H2,1-2H3;1-2H3. The summed E-state index contributed by atoms with van der Waals surface area (Å²) < 4.78 is 19.9. The lowest BCUT2D eigenvalue weighted by Crippen LogP contribution is -2.22. The lowest BCUT2D eigenvalue weighted by Gasteiger charge is -2.15. The Morgan fingerprint density at radius 2 is 2.00 bits per heavy atom. The summed E-state index contributed by atoms with van der Waals surface area (Å²) in [6.45, 7) is 4.22. The zero-order valence-corrected chi connectivity index (χ0v) is 9.39. The SMILES string of the molecule is CC1(C)OCC(CO)O1.CS(C)=O. The molecule has 80 valence electrons. The quantitative estimate of drug-likeness (QED) is 0.668. The molecule has 0 aromatic rings. The Kier molecular flexibility index (Phi) is 5.71. The summed E-state index contributed by atoms with van der Waals surface area (Å²) in [5.41, 5.74) is 0. The van der Waals surface area contributed by atoms with E-state index in [1.54, 1.807) is 12.5 Å². The second-order valence-electron chi connectivity index (χ2n) is 3.37. The second kappa shape index (κ2) is 5.70. The normalized spacial score (nSPS) is 25.5. The van der Waals surface area contributed by atoms with Gasteiger partial charge in [-0.3, -0.25) is 4.21 Å². The summed E-state index contributed by atoms with van der Waals surface area (Å²) in [4.78, 5) is 0. The van der Waals surface area contributed by atoms with Crippen LogP contribution in [-0.4, -0.2) is 46.9 Å². The number of hydrogen-bond donors (Lipinski definition) is 1. The Bertz CT molecular complexity index is 166. The maximum atomic E-state index is 9.56. The van der Waals surface area contributed by atoms with Crippen LogP contribution in [0.2, 0.25) is 0 Å². The van der Waals surface area contributed by atoms with Crippen molar-refractivity contribution in [3.8, 4) is 0 Å². The van der Waals surface area contributed by atoms with E-state index in [1.165, 1.54) is 0 Å². The van der Waals surface area contributed by atoms with E-state index in [-0.39, 0.29) is 12.7 Å². The summed E-state index contributed by atoms with van der Waals surface area (Å²) in [7, 11) is -0.611. The van der Waals surface area contributed by atoms with Gasteiger partial charge in [0.25, 0.3) is 0 Å². The zero-order valence-electron chi connectivity index (χ0n) is 8.57. The van der Waals surface area contributed by atoms with E-state index < -0.39 is 16.6 Å². The van der Waals surface area contributed by atoms with Crippen LogP contribution in [0.25, 0.3) is 0 Å². The summed E-state index contributed by atoms with van der Waals surface area (Å²) in [6.07, 6.45) is 3.15. The van der Waals surface area contributed by atoms with Gasteiger partial charge in [0.15, 0.2) is 5.79 Å². The van der Waals surface area contributed by atoms with E-state index >= 15 is 0 Å². The minimum Gasteiger partial charge on any atom is -0.394 e. The lowest BCUT2D eigenvalue weighted by molar-refractivity contribution is -0.142. The minimum absolute atomic E-state index is 0.0451. The molecule has 0 aliphatic carbocycles. The highest BCUT2D eigenvalue weighted by atomic mass is 32.2. The molecule has 4 nitrogen and oxygen atoms in total. The van der Waals surface area contributed by atoms with Crippen molar-refractivity contribution in [3.63, 3.8) is 0 Å². The number of aliphatic hydroxyl groups excluding tert-OH is 1. The fourth-order valence-electron chi connectivity index (χ4n) is 0.853. The molecule has 1 rings (SSSR count). The van der Waals surface area contributed by atoms with Gasteiger partial charge in [-0.2, -0.15) is 0 Å². The van der Waals surface area contributed by atoms with Crippen molar-refractivity contribution >= 4 is 10.8 Å². The molecule has 5 heteroatoms. The van der Waals surface area contributed by atoms with Crippen LogP contribution in [-0.2, 0) is 20.3 Å². The third kappa shape index (κ3) is 7.13. The van der Waals surface area contributed by atoms with Crippen LogP contribution in [0, 0.1) is 0 Å². The predicted octanol–water partition coefficient (Wildman–Crippen LogP) is 0.125. The minimum atomic E-state index is -0.611. The van der Waals surface area contributed by atoms with Gasteiger partial charge in [-0.05, 0) is 13.8 Å². The molecule has 0 spiro atoms. The first-order valence-corrected chi connectivity index (χ1v) is 6.01. The van der Waals surface area contributed by atoms with Gasteiger partial charge in [0.2, 0.25) is 0 Å². The van der Waals surface area contributed by atoms with Gasteiger partial charge in [-0.15, -0.1) is 0 Å². The topological polar surface area (TPSA) is 55.8 Å². The van der Waals surface area contributed by atoms with Crippen LogP contribution in [0.15, 0.2) is 0 Å². The number of aliphatic hydroxyl groups is 1. The molecule has 0 saturated carbocycles. The Morgan fingerprint density at radius 3 is 2.15 bits per heavy atom. The number of hydrogen-bond acceptors (Lipinski definition) is 4. The van der Waals surface area contributed by atoms with Crippen LogP contribution in [0.1, 0.15) is 13.8 Å². The van der Waals surface area contributed by atoms with Crippen LogP contribution >= 0.6 is 0 Å². The molecule has 0 aromatic carbocycles. The molecule has 1 heterocycles. The van der Waals surface area contributed by atoms with Crippen LogP contribution < -0.4 is 0 Å². The molecule has 1 saturated heterocycles. The fraction of sp³-hybridized carbons (Fsp3) is 1.00. The largest absolute Gasteiger partial charge is 0.394 e. The van der Waals surface area contributed by atoms with Crippen LogP contribution in [0.3, 0.4) is 0 Å². The van der Waals surface area contributed by atoms with Gasteiger partial charge in [-0.1, -0.05) is 0 Å². The predicted molar refractivity (Wildman–Crippen MR) is 52.0 cm³/mol. The van der Waals surface area contributed by atoms with Gasteiger partial charge in [0.1, 0.15) is 6.10 Å². The molecule has 1 aliphatic rings. The van der Waals surface area contributed by atoms with Crippen molar-refractivity contribution in [3.05, 3.63) is 0 Å². The Morgan fingerprint density at radius 1 is 1.54 bits per heavy atom. The Hall–Kier alpha value is 0.0300. The van der Waals surface area contributed by atoms with E-state index in [0.29, 0.717) is 6.61 Å². The molecule has 0 amide bonds. The van der Waals surface area contributed by atoms with Crippen molar-refractivity contribution in [2.24, 2.45) is 0 Å². The molecular weight excluding hydrogens is 192 g/mol. The third-order valence-corrected chi connectivity index (χ3v) is 1.27. The van der Waals surface area contributed by atoms with E-state index in [4.69, 9.17) is 14.6 Å². The molecule has 0 radical (unpaired) electrons. The molecule has 1 aliphatic heterocycles. The molecule has 1 unspecified atom stereocenters. The van der Waals surface area contributed by atoms with Crippen molar-refractivity contribution < 1.29 is 18.8 Å². The molecular formula is C8H18O4S. The molecule has 0 bridgehead atoms. The first-order chi connectivity index (χ1) is 5.87. The molecule has 13 heavy (non-hydrogen) atoms. The number of ether oxygens (including phenoxy) is 2. The maximum absolute atomic E-state index is 9.56.